The number of rotatable bonds is 9. The molecule has 0 saturated heterocycles. The monoisotopic (exact) mass is 248 g/mol. The highest BCUT2D eigenvalue weighted by Gasteiger charge is 2.45. The van der Waals surface area contributed by atoms with Crippen molar-refractivity contribution in [3.63, 3.8) is 0 Å². The first kappa shape index (κ1) is 15.5. The van der Waals surface area contributed by atoms with Gasteiger partial charge in [-0.05, 0) is 19.4 Å². The average Bonchev–Trinajstić information content (AvgIpc) is 2.33. The predicted octanol–water partition coefficient (Wildman–Crippen LogP) is 1.30. The molecule has 0 bridgehead atoms. The van der Waals surface area contributed by atoms with Crippen LogP contribution in [0.2, 0.25) is 0 Å². The van der Waals surface area contributed by atoms with E-state index in [4.69, 9.17) is 17.7 Å². The smallest absolute Gasteiger partial charge is 0.355 e. The van der Waals surface area contributed by atoms with Crippen molar-refractivity contribution in [2.24, 2.45) is 0 Å². The van der Waals surface area contributed by atoms with Gasteiger partial charge in [-0.25, -0.2) is 0 Å². The van der Waals surface area contributed by atoms with E-state index in [0.29, 0.717) is 6.61 Å². The number of ketones is 1. The van der Waals surface area contributed by atoms with Gasteiger partial charge in [-0.3, -0.25) is 4.79 Å². The van der Waals surface area contributed by atoms with Crippen LogP contribution in [-0.2, 0) is 22.5 Å². The normalized spacial score (nSPS) is 13.5. The molecule has 0 aliphatic carbocycles. The third kappa shape index (κ3) is 4.54. The van der Waals surface area contributed by atoms with Gasteiger partial charge < -0.3 is 17.7 Å². The second-order valence-corrected chi connectivity index (χ2v) is 5.46. The Morgan fingerprint density at radius 2 is 2.00 bits per heavy atom. The molecule has 0 aromatic carbocycles. The zero-order valence-corrected chi connectivity index (χ0v) is 11.3. The Kier molecular flexibility index (Phi) is 7.44. The standard InChI is InChI=1S/C10H20O5Si/c1-6-8-14-16(12-4,13-5)15-9(3)10(11)7-2/h7,9H,2,6,8H2,1,3-5H3. The van der Waals surface area contributed by atoms with E-state index in [1.807, 2.05) is 6.92 Å². The topological polar surface area (TPSA) is 54.0 Å². The maximum absolute atomic E-state index is 11.3. The van der Waals surface area contributed by atoms with Gasteiger partial charge in [0, 0.05) is 20.8 Å². The Morgan fingerprint density at radius 1 is 1.44 bits per heavy atom. The molecule has 0 amide bonds. The van der Waals surface area contributed by atoms with Crippen molar-refractivity contribution in [2.45, 2.75) is 26.4 Å². The van der Waals surface area contributed by atoms with E-state index >= 15 is 0 Å². The minimum atomic E-state index is -3.18. The van der Waals surface area contributed by atoms with E-state index in [9.17, 15) is 4.79 Å². The molecule has 0 aromatic heterocycles. The first-order valence-electron chi connectivity index (χ1n) is 5.13. The summed E-state index contributed by atoms with van der Waals surface area (Å²) in [4.78, 5) is 11.3. The summed E-state index contributed by atoms with van der Waals surface area (Å²) in [5.41, 5.74) is 0. The Labute approximate surface area is 97.8 Å². The minimum absolute atomic E-state index is 0.230. The van der Waals surface area contributed by atoms with Crippen molar-refractivity contribution in [2.75, 3.05) is 20.8 Å². The Bertz CT molecular complexity index is 227. The summed E-state index contributed by atoms with van der Waals surface area (Å²) in [5.74, 6) is -0.230. The van der Waals surface area contributed by atoms with E-state index in [1.54, 1.807) is 6.92 Å². The van der Waals surface area contributed by atoms with Crippen LogP contribution in [0.25, 0.3) is 0 Å². The SMILES string of the molecule is C=CC(=O)C(C)O[Si](OC)(OC)OCCC. The van der Waals surface area contributed by atoms with Crippen molar-refractivity contribution < 1.29 is 22.5 Å². The Morgan fingerprint density at radius 3 is 2.38 bits per heavy atom. The highest BCUT2D eigenvalue weighted by Crippen LogP contribution is 2.13. The van der Waals surface area contributed by atoms with Gasteiger partial charge in [0.05, 0.1) is 0 Å². The van der Waals surface area contributed by atoms with E-state index in [1.165, 1.54) is 20.3 Å². The van der Waals surface area contributed by atoms with Gasteiger partial charge in [0.15, 0.2) is 5.78 Å². The molecule has 0 N–H and O–H groups in total. The summed E-state index contributed by atoms with van der Waals surface area (Å²) in [5, 5.41) is 0. The summed E-state index contributed by atoms with van der Waals surface area (Å²) < 4.78 is 21.2. The molecule has 0 aliphatic heterocycles. The van der Waals surface area contributed by atoms with E-state index in [-0.39, 0.29) is 5.78 Å². The van der Waals surface area contributed by atoms with Crippen molar-refractivity contribution in [3.05, 3.63) is 12.7 Å². The van der Waals surface area contributed by atoms with Crippen molar-refractivity contribution >= 4 is 14.8 Å². The lowest BCUT2D eigenvalue weighted by Crippen LogP contribution is -2.50. The maximum Gasteiger partial charge on any atom is 0.679 e. The van der Waals surface area contributed by atoms with Gasteiger partial charge in [0.2, 0.25) is 0 Å². The molecule has 1 atom stereocenters. The van der Waals surface area contributed by atoms with Crippen LogP contribution in [0.3, 0.4) is 0 Å². The highest BCUT2D eigenvalue weighted by atomic mass is 28.4. The lowest BCUT2D eigenvalue weighted by molar-refractivity contribution is -0.125. The molecule has 0 fully saturated rings. The van der Waals surface area contributed by atoms with Crippen LogP contribution in [-0.4, -0.2) is 41.8 Å². The molecule has 0 heterocycles. The van der Waals surface area contributed by atoms with Gasteiger partial charge >= 0.3 is 9.05 Å². The number of hydrogen-bond donors (Lipinski definition) is 0. The van der Waals surface area contributed by atoms with Crippen LogP contribution in [0.1, 0.15) is 20.3 Å². The van der Waals surface area contributed by atoms with E-state index in [2.05, 4.69) is 6.58 Å². The van der Waals surface area contributed by atoms with Crippen LogP contribution in [0.15, 0.2) is 12.7 Å². The largest absolute Gasteiger partial charge is 0.679 e. The quantitative estimate of drug-likeness (QED) is 0.455. The van der Waals surface area contributed by atoms with Crippen molar-refractivity contribution in [1.82, 2.24) is 0 Å². The molecule has 94 valence electrons. The first-order chi connectivity index (χ1) is 7.55. The van der Waals surface area contributed by atoms with Crippen LogP contribution < -0.4 is 0 Å². The summed E-state index contributed by atoms with van der Waals surface area (Å²) in [7, 11) is -0.293. The third-order valence-corrected chi connectivity index (χ3v) is 4.11. The van der Waals surface area contributed by atoms with Crippen LogP contribution >= 0.6 is 0 Å². The molecule has 0 radical (unpaired) electrons. The second kappa shape index (κ2) is 7.69. The van der Waals surface area contributed by atoms with E-state index in [0.717, 1.165) is 6.42 Å². The molecule has 0 spiro atoms. The molecule has 0 aliphatic rings. The molecular formula is C10H20O5Si. The summed E-state index contributed by atoms with van der Waals surface area (Å²) >= 11 is 0. The van der Waals surface area contributed by atoms with Crippen molar-refractivity contribution in [1.29, 1.82) is 0 Å². The van der Waals surface area contributed by atoms with Gasteiger partial charge in [-0.1, -0.05) is 13.5 Å². The second-order valence-electron chi connectivity index (χ2n) is 3.12. The maximum atomic E-state index is 11.3. The van der Waals surface area contributed by atoms with Gasteiger partial charge in [0.1, 0.15) is 6.10 Å². The number of carbonyl (C=O) groups is 1. The van der Waals surface area contributed by atoms with Gasteiger partial charge in [0.25, 0.3) is 0 Å². The molecule has 5 nitrogen and oxygen atoms in total. The Balaban J connectivity index is 4.52. The first-order valence-corrected chi connectivity index (χ1v) is 6.76. The molecule has 0 aromatic rings. The minimum Gasteiger partial charge on any atom is -0.355 e. The van der Waals surface area contributed by atoms with Crippen LogP contribution in [0.4, 0.5) is 0 Å². The Hall–Kier alpha value is -0.533. The predicted molar refractivity (Wildman–Crippen MR) is 61.8 cm³/mol. The van der Waals surface area contributed by atoms with E-state index < -0.39 is 15.2 Å². The third-order valence-electron chi connectivity index (χ3n) is 1.91. The fourth-order valence-corrected chi connectivity index (χ4v) is 2.67. The van der Waals surface area contributed by atoms with Gasteiger partial charge in [-0.15, -0.1) is 0 Å². The average molecular weight is 248 g/mol. The van der Waals surface area contributed by atoms with Crippen LogP contribution in [0.5, 0.6) is 0 Å². The number of hydrogen-bond acceptors (Lipinski definition) is 5. The van der Waals surface area contributed by atoms with Crippen LogP contribution in [0, 0.1) is 0 Å². The highest BCUT2D eigenvalue weighted by molar-refractivity contribution is 6.53. The zero-order chi connectivity index (χ0) is 12.6. The van der Waals surface area contributed by atoms with Gasteiger partial charge in [-0.2, -0.15) is 0 Å². The summed E-state index contributed by atoms with van der Waals surface area (Å²) in [6.07, 6.45) is 1.34. The zero-order valence-electron chi connectivity index (χ0n) is 10.3. The molecule has 16 heavy (non-hydrogen) atoms. The fourth-order valence-electron chi connectivity index (χ4n) is 0.999. The number of carbonyl (C=O) groups excluding carboxylic acids is 1. The summed E-state index contributed by atoms with van der Waals surface area (Å²) in [6.45, 7) is 7.42. The molecule has 1 unspecified atom stereocenters. The molecular weight excluding hydrogens is 228 g/mol. The lowest BCUT2D eigenvalue weighted by atomic mass is 10.3. The van der Waals surface area contributed by atoms with Crippen molar-refractivity contribution in [3.8, 4) is 0 Å². The molecule has 6 heteroatoms. The summed E-state index contributed by atoms with van der Waals surface area (Å²) in [6, 6.07) is 0. The molecule has 0 rings (SSSR count). The fraction of sp³-hybridized carbons (Fsp3) is 0.700. The lowest BCUT2D eigenvalue weighted by Gasteiger charge is -2.27. The molecule has 0 saturated carbocycles.